The van der Waals surface area contributed by atoms with Crippen LogP contribution in [0.4, 0.5) is 0 Å². The maximum atomic E-state index is 12.1. The first-order valence-electron chi connectivity index (χ1n) is 6.51. The van der Waals surface area contributed by atoms with E-state index < -0.39 is 0 Å². The summed E-state index contributed by atoms with van der Waals surface area (Å²) in [4.78, 5) is 33.5. The van der Waals surface area contributed by atoms with Crippen molar-refractivity contribution in [2.24, 2.45) is 0 Å². The van der Waals surface area contributed by atoms with Gasteiger partial charge in [-0.05, 0) is 12.1 Å². The zero-order valence-electron chi connectivity index (χ0n) is 12.3. The van der Waals surface area contributed by atoms with E-state index in [1.807, 2.05) is 23.1 Å². The average Bonchev–Trinajstić information content (AvgIpc) is 3.11. The highest BCUT2D eigenvalue weighted by molar-refractivity contribution is 5.97. The normalized spacial score (nSPS) is 24.1. The van der Waals surface area contributed by atoms with E-state index in [0.717, 1.165) is 5.69 Å². The van der Waals surface area contributed by atoms with Gasteiger partial charge >= 0.3 is 0 Å². The fraction of sp³-hybridized carbons (Fsp3) is 0.500. The van der Waals surface area contributed by atoms with Crippen molar-refractivity contribution < 1.29 is 9.59 Å². The Morgan fingerprint density at radius 2 is 1.65 bits per heavy atom. The Hall–Kier alpha value is -1.95. The number of hydrogen-bond acceptors (Lipinski definition) is 4. The third-order valence-corrected chi connectivity index (χ3v) is 3.38. The molecule has 0 aromatic carbocycles. The molecule has 0 unspecified atom stereocenters. The number of carbonyl (C=O) groups excluding carboxylic acids is 2. The zero-order valence-corrected chi connectivity index (χ0v) is 12.3. The van der Waals surface area contributed by atoms with Crippen molar-refractivity contribution in [3.05, 3.63) is 30.1 Å². The van der Waals surface area contributed by atoms with E-state index in [2.05, 4.69) is 4.98 Å². The number of likely N-dealkylation sites (N-methyl/N-ethyl adjacent to an activating group) is 2. The van der Waals surface area contributed by atoms with Crippen LogP contribution in [0, 0.1) is 0 Å². The van der Waals surface area contributed by atoms with Crippen molar-refractivity contribution in [1.82, 2.24) is 19.7 Å². The number of amides is 2. The van der Waals surface area contributed by atoms with Gasteiger partial charge in [0.25, 0.3) is 0 Å². The number of aromatic nitrogens is 1. The lowest BCUT2D eigenvalue weighted by molar-refractivity contribution is -0.132. The molecule has 20 heavy (non-hydrogen) atoms. The summed E-state index contributed by atoms with van der Waals surface area (Å²) in [5.74, 6) is -0.0812. The molecule has 1 fully saturated rings. The minimum Gasteiger partial charge on any atom is -0.347 e. The number of carbonyl (C=O) groups is 2. The van der Waals surface area contributed by atoms with Gasteiger partial charge in [0.15, 0.2) is 0 Å². The molecule has 0 radical (unpaired) electrons. The summed E-state index contributed by atoms with van der Waals surface area (Å²) in [6.45, 7) is 0.509. The molecule has 6 heteroatoms. The van der Waals surface area contributed by atoms with Crippen molar-refractivity contribution in [2.45, 2.75) is 18.6 Å². The number of nitrogens with zero attached hydrogens (tertiary/aromatic N) is 4. The van der Waals surface area contributed by atoms with E-state index in [9.17, 15) is 9.59 Å². The highest BCUT2D eigenvalue weighted by Gasteiger charge is 2.57. The van der Waals surface area contributed by atoms with E-state index in [1.54, 1.807) is 34.4 Å². The van der Waals surface area contributed by atoms with Crippen LogP contribution in [0.5, 0.6) is 0 Å². The Labute approximate surface area is 119 Å². The second-order valence-electron chi connectivity index (χ2n) is 5.35. The lowest BCUT2D eigenvalue weighted by Gasteiger charge is -2.10. The topological polar surface area (TPSA) is 56.5 Å². The molecule has 2 amide bonds. The third kappa shape index (κ3) is 2.80. The molecule has 1 aromatic rings. The monoisotopic (exact) mass is 276 g/mol. The second-order valence-corrected chi connectivity index (χ2v) is 5.35. The van der Waals surface area contributed by atoms with E-state index in [0.29, 0.717) is 6.54 Å². The maximum Gasteiger partial charge on any atom is 0.241 e. The van der Waals surface area contributed by atoms with Crippen LogP contribution < -0.4 is 0 Å². The largest absolute Gasteiger partial charge is 0.347 e. The molecule has 2 heterocycles. The van der Waals surface area contributed by atoms with Crippen LogP contribution in [-0.4, -0.2) is 71.8 Å². The van der Waals surface area contributed by atoms with Gasteiger partial charge in [-0.25, -0.2) is 0 Å². The van der Waals surface area contributed by atoms with Crippen LogP contribution in [0.1, 0.15) is 5.69 Å². The van der Waals surface area contributed by atoms with E-state index >= 15 is 0 Å². The summed E-state index contributed by atoms with van der Waals surface area (Å²) >= 11 is 0. The third-order valence-electron chi connectivity index (χ3n) is 3.38. The highest BCUT2D eigenvalue weighted by Crippen LogP contribution is 2.32. The average molecular weight is 276 g/mol. The molecule has 0 saturated carbocycles. The van der Waals surface area contributed by atoms with Crippen LogP contribution in [0.15, 0.2) is 24.4 Å². The summed E-state index contributed by atoms with van der Waals surface area (Å²) in [6, 6.07) is 4.89. The van der Waals surface area contributed by atoms with Crippen molar-refractivity contribution >= 4 is 11.8 Å². The van der Waals surface area contributed by atoms with Crippen molar-refractivity contribution in [1.29, 1.82) is 0 Å². The SMILES string of the molecule is CN(C)C(=O)[C@H]1[C@H](C(=O)N(C)C)N1Cc1ccccn1. The molecule has 1 aromatic heterocycles. The molecule has 6 nitrogen and oxygen atoms in total. The predicted octanol–water partition coefficient (Wildman–Crippen LogP) is -0.189. The summed E-state index contributed by atoms with van der Waals surface area (Å²) in [7, 11) is 6.82. The van der Waals surface area contributed by atoms with Crippen LogP contribution in [0.2, 0.25) is 0 Å². The van der Waals surface area contributed by atoms with Crippen molar-refractivity contribution in [3.63, 3.8) is 0 Å². The zero-order chi connectivity index (χ0) is 14.9. The lowest BCUT2D eigenvalue weighted by atomic mass is 10.2. The minimum absolute atomic E-state index is 0.0406. The first kappa shape index (κ1) is 14.5. The molecule has 1 saturated heterocycles. The number of pyridine rings is 1. The molecule has 1 aliphatic heterocycles. The van der Waals surface area contributed by atoms with E-state index in [-0.39, 0.29) is 23.9 Å². The number of rotatable bonds is 4. The molecule has 0 spiro atoms. The number of hydrogen-bond donors (Lipinski definition) is 0. The second kappa shape index (κ2) is 5.58. The molecular weight excluding hydrogens is 256 g/mol. The maximum absolute atomic E-state index is 12.1. The fourth-order valence-electron chi connectivity index (χ4n) is 2.23. The standard InChI is InChI=1S/C14H20N4O2/c1-16(2)13(19)11-12(14(20)17(3)4)18(11)9-10-7-5-6-8-15-10/h5-8,11-12H,9H2,1-4H3/t11-,12-/m1/s1. The molecule has 2 rings (SSSR count). The van der Waals surface area contributed by atoms with Crippen LogP contribution >= 0.6 is 0 Å². The van der Waals surface area contributed by atoms with Gasteiger partial charge in [-0.3, -0.25) is 19.5 Å². The summed E-state index contributed by atoms with van der Waals surface area (Å²) in [5, 5.41) is 0. The fourth-order valence-corrected chi connectivity index (χ4v) is 2.23. The lowest BCUT2D eigenvalue weighted by Crippen LogP contribution is -2.33. The van der Waals surface area contributed by atoms with Crippen LogP contribution in [0.25, 0.3) is 0 Å². The Balaban J connectivity index is 2.13. The first-order chi connectivity index (χ1) is 9.43. The van der Waals surface area contributed by atoms with Crippen molar-refractivity contribution in [3.8, 4) is 0 Å². The Morgan fingerprint density at radius 1 is 1.10 bits per heavy atom. The molecule has 1 aliphatic rings. The van der Waals surface area contributed by atoms with Crippen molar-refractivity contribution in [2.75, 3.05) is 28.2 Å². The summed E-state index contributed by atoms with van der Waals surface area (Å²) in [5.41, 5.74) is 0.859. The highest BCUT2D eigenvalue weighted by atomic mass is 16.2. The molecular formula is C14H20N4O2. The predicted molar refractivity (Wildman–Crippen MR) is 74.7 cm³/mol. The van der Waals surface area contributed by atoms with E-state index in [4.69, 9.17) is 0 Å². The smallest absolute Gasteiger partial charge is 0.241 e. The van der Waals surface area contributed by atoms with Gasteiger partial charge in [0.05, 0.1) is 5.69 Å². The van der Waals surface area contributed by atoms with Gasteiger partial charge in [-0.15, -0.1) is 0 Å². The van der Waals surface area contributed by atoms with Gasteiger partial charge < -0.3 is 9.80 Å². The van der Waals surface area contributed by atoms with Crippen LogP contribution in [0.3, 0.4) is 0 Å². The Kier molecular flexibility index (Phi) is 4.04. The molecule has 2 atom stereocenters. The quantitative estimate of drug-likeness (QED) is 0.715. The minimum atomic E-state index is -0.373. The summed E-state index contributed by atoms with van der Waals surface area (Å²) < 4.78 is 0. The Morgan fingerprint density at radius 3 is 2.05 bits per heavy atom. The van der Waals surface area contributed by atoms with Gasteiger partial charge in [0.1, 0.15) is 12.1 Å². The van der Waals surface area contributed by atoms with Gasteiger partial charge in [0.2, 0.25) is 11.8 Å². The van der Waals surface area contributed by atoms with Gasteiger partial charge in [0, 0.05) is 40.9 Å². The molecule has 108 valence electrons. The summed E-state index contributed by atoms with van der Waals surface area (Å²) in [6.07, 6.45) is 1.71. The molecule has 0 N–H and O–H groups in total. The Bertz CT molecular complexity index is 475. The van der Waals surface area contributed by atoms with Gasteiger partial charge in [-0.2, -0.15) is 0 Å². The molecule has 0 bridgehead atoms. The first-order valence-corrected chi connectivity index (χ1v) is 6.51. The molecule has 0 aliphatic carbocycles. The van der Waals surface area contributed by atoms with Gasteiger partial charge in [-0.1, -0.05) is 6.07 Å². The van der Waals surface area contributed by atoms with Crippen LogP contribution in [-0.2, 0) is 16.1 Å². The van der Waals surface area contributed by atoms with E-state index in [1.165, 1.54) is 9.80 Å².